The number of carbonyl (C=O) groups is 2. The van der Waals surface area contributed by atoms with Gasteiger partial charge >= 0.3 is 5.97 Å². The number of hydrogen-bond acceptors (Lipinski definition) is 4. The molecule has 1 aromatic rings. The highest BCUT2D eigenvalue weighted by Crippen LogP contribution is 2.28. The standard InChI is InChI=1S/C14H17Br2NO4/c1-3-17(7-6-14(19)20-2)13(18)9-21-12-5-4-10(15)8-11(12)16/h4-5,8H,3,6-7,9H2,1-2H3. The molecule has 0 aliphatic rings. The topological polar surface area (TPSA) is 55.8 Å². The summed E-state index contributed by atoms with van der Waals surface area (Å²) in [7, 11) is 1.33. The van der Waals surface area contributed by atoms with Crippen molar-refractivity contribution in [2.24, 2.45) is 0 Å². The lowest BCUT2D eigenvalue weighted by Gasteiger charge is -2.20. The first kappa shape index (κ1) is 18.0. The van der Waals surface area contributed by atoms with E-state index in [9.17, 15) is 9.59 Å². The fourth-order valence-corrected chi connectivity index (χ4v) is 2.77. The molecular weight excluding hydrogens is 406 g/mol. The van der Waals surface area contributed by atoms with Gasteiger partial charge in [0.15, 0.2) is 6.61 Å². The minimum atomic E-state index is -0.335. The largest absolute Gasteiger partial charge is 0.483 e. The van der Waals surface area contributed by atoms with Crippen LogP contribution in [0.15, 0.2) is 27.1 Å². The molecule has 0 N–H and O–H groups in total. The molecule has 1 aromatic carbocycles. The van der Waals surface area contributed by atoms with Crippen LogP contribution in [0.2, 0.25) is 0 Å². The molecule has 0 heterocycles. The quantitative estimate of drug-likeness (QED) is 0.634. The van der Waals surface area contributed by atoms with Crippen molar-refractivity contribution >= 4 is 43.7 Å². The number of esters is 1. The van der Waals surface area contributed by atoms with Gasteiger partial charge in [-0.05, 0) is 41.1 Å². The zero-order chi connectivity index (χ0) is 15.8. The number of rotatable bonds is 7. The number of methoxy groups -OCH3 is 1. The number of nitrogens with zero attached hydrogens (tertiary/aromatic N) is 1. The first-order valence-corrected chi connectivity index (χ1v) is 7.99. The van der Waals surface area contributed by atoms with E-state index in [-0.39, 0.29) is 24.9 Å². The van der Waals surface area contributed by atoms with Gasteiger partial charge < -0.3 is 14.4 Å². The van der Waals surface area contributed by atoms with Gasteiger partial charge in [0.2, 0.25) is 0 Å². The Labute approximate surface area is 140 Å². The summed E-state index contributed by atoms with van der Waals surface area (Å²) in [5.41, 5.74) is 0. The smallest absolute Gasteiger partial charge is 0.307 e. The summed E-state index contributed by atoms with van der Waals surface area (Å²) in [5.74, 6) is 0.0876. The van der Waals surface area contributed by atoms with Crippen LogP contribution in [0.25, 0.3) is 0 Å². The molecule has 0 saturated carbocycles. The van der Waals surface area contributed by atoms with E-state index < -0.39 is 0 Å². The number of halogens is 2. The van der Waals surface area contributed by atoms with Crippen molar-refractivity contribution in [3.05, 3.63) is 27.1 Å². The monoisotopic (exact) mass is 421 g/mol. The highest BCUT2D eigenvalue weighted by molar-refractivity contribution is 9.11. The Hall–Kier alpha value is -1.08. The van der Waals surface area contributed by atoms with Crippen LogP contribution >= 0.6 is 31.9 Å². The molecule has 0 unspecified atom stereocenters. The summed E-state index contributed by atoms with van der Waals surface area (Å²) in [6, 6.07) is 5.44. The molecular formula is C14H17Br2NO4. The lowest BCUT2D eigenvalue weighted by Crippen LogP contribution is -2.36. The maximum absolute atomic E-state index is 12.1. The second-order valence-electron chi connectivity index (χ2n) is 4.16. The van der Waals surface area contributed by atoms with Gasteiger partial charge in [-0.1, -0.05) is 15.9 Å². The third kappa shape index (κ3) is 6.05. The molecule has 0 aromatic heterocycles. The van der Waals surface area contributed by atoms with Gasteiger partial charge in [-0.3, -0.25) is 9.59 Å². The van der Waals surface area contributed by atoms with E-state index in [1.807, 2.05) is 19.1 Å². The number of carbonyl (C=O) groups excluding carboxylic acids is 2. The van der Waals surface area contributed by atoms with Crippen LogP contribution in [0.1, 0.15) is 13.3 Å². The zero-order valence-corrected chi connectivity index (χ0v) is 15.1. The molecule has 21 heavy (non-hydrogen) atoms. The maximum atomic E-state index is 12.1. The number of amides is 1. The molecule has 0 spiro atoms. The highest BCUT2D eigenvalue weighted by Gasteiger charge is 2.14. The minimum Gasteiger partial charge on any atom is -0.483 e. The average Bonchev–Trinajstić information content (AvgIpc) is 2.46. The molecule has 0 aliphatic carbocycles. The molecule has 116 valence electrons. The van der Waals surface area contributed by atoms with Crippen LogP contribution in [-0.2, 0) is 14.3 Å². The third-order valence-corrected chi connectivity index (χ3v) is 3.91. The summed E-state index contributed by atoms with van der Waals surface area (Å²) in [4.78, 5) is 24.7. The van der Waals surface area contributed by atoms with Crippen molar-refractivity contribution in [2.45, 2.75) is 13.3 Å². The second kappa shape index (κ2) is 9.04. The van der Waals surface area contributed by atoms with E-state index >= 15 is 0 Å². The zero-order valence-electron chi connectivity index (χ0n) is 11.9. The highest BCUT2D eigenvalue weighted by atomic mass is 79.9. The molecule has 1 amide bonds. The van der Waals surface area contributed by atoms with E-state index in [0.717, 1.165) is 8.95 Å². The van der Waals surface area contributed by atoms with E-state index in [1.54, 1.807) is 11.0 Å². The third-order valence-electron chi connectivity index (χ3n) is 2.79. The average molecular weight is 423 g/mol. The number of hydrogen-bond donors (Lipinski definition) is 0. The number of ether oxygens (including phenoxy) is 2. The van der Waals surface area contributed by atoms with E-state index in [2.05, 4.69) is 36.6 Å². The SMILES string of the molecule is CCN(CCC(=O)OC)C(=O)COc1ccc(Br)cc1Br. The first-order chi connectivity index (χ1) is 9.97. The van der Waals surface area contributed by atoms with Crippen LogP contribution < -0.4 is 4.74 Å². The van der Waals surface area contributed by atoms with Crippen molar-refractivity contribution in [3.8, 4) is 5.75 Å². The van der Waals surface area contributed by atoms with Crippen LogP contribution in [0.5, 0.6) is 5.75 Å². The molecule has 0 radical (unpaired) electrons. The Morgan fingerprint density at radius 2 is 2.00 bits per heavy atom. The predicted molar refractivity (Wildman–Crippen MR) is 86.2 cm³/mol. The fraction of sp³-hybridized carbons (Fsp3) is 0.429. The first-order valence-electron chi connectivity index (χ1n) is 6.40. The number of likely N-dealkylation sites (N-methyl/N-ethyl adjacent to an activating group) is 1. The van der Waals surface area contributed by atoms with Crippen molar-refractivity contribution in [1.29, 1.82) is 0 Å². The fourth-order valence-electron chi connectivity index (χ4n) is 1.61. The summed E-state index contributed by atoms with van der Waals surface area (Å²) in [6.07, 6.45) is 0.179. The van der Waals surface area contributed by atoms with Crippen LogP contribution in [0.3, 0.4) is 0 Å². The molecule has 1 rings (SSSR count). The molecule has 0 fully saturated rings. The summed E-state index contributed by atoms with van der Waals surface area (Å²) >= 11 is 6.72. The lowest BCUT2D eigenvalue weighted by molar-refractivity contribution is -0.142. The van der Waals surface area contributed by atoms with Gasteiger partial charge in [0.25, 0.3) is 5.91 Å². The molecule has 0 saturated heterocycles. The Morgan fingerprint density at radius 3 is 2.57 bits per heavy atom. The normalized spacial score (nSPS) is 10.1. The van der Waals surface area contributed by atoms with Crippen LogP contribution in [0.4, 0.5) is 0 Å². The van der Waals surface area contributed by atoms with Gasteiger partial charge in [0.05, 0.1) is 18.0 Å². The van der Waals surface area contributed by atoms with Gasteiger partial charge in [-0.15, -0.1) is 0 Å². The Bertz CT molecular complexity index is 508. The van der Waals surface area contributed by atoms with E-state index in [4.69, 9.17) is 4.74 Å². The molecule has 0 atom stereocenters. The van der Waals surface area contributed by atoms with Crippen molar-refractivity contribution in [2.75, 3.05) is 26.8 Å². The van der Waals surface area contributed by atoms with Gasteiger partial charge in [0.1, 0.15) is 5.75 Å². The Kier molecular flexibility index (Phi) is 7.74. The number of benzene rings is 1. The Balaban J connectivity index is 2.52. The summed E-state index contributed by atoms with van der Waals surface area (Å²) < 4.78 is 11.7. The van der Waals surface area contributed by atoms with Crippen LogP contribution in [-0.4, -0.2) is 43.6 Å². The maximum Gasteiger partial charge on any atom is 0.307 e. The van der Waals surface area contributed by atoms with E-state index in [0.29, 0.717) is 18.8 Å². The minimum absolute atomic E-state index is 0.0742. The Morgan fingerprint density at radius 1 is 1.29 bits per heavy atom. The van der Waals surface area contributed by atoms with Gasteiger partial charge in [0, 0.05) is 17.6 Å². The summed E-state index contributed by atoms with van der Waals surface area (Å²) in [5, 5.41) is 0. The molecule has 0 aliphatic heterocycles. The molecule has 0 bridgehead atoms. The molecule has 5 nitrogen and oxygen atoms in total. The van der Waals surface area contributed by atoms with Crippen LogP contribution in [0, 0.1) is 0 Å². The van der Waals surface area contributed by atoms with Crippen molar-refractivity contribution < 1.29 is 19.1 Å². The van der Waals surface area contributed by atoms with Gasteiger partial charge in [-0.2, -0.15) is 0 Å². The van der Waals surface area contributed by atoms with Gasteiger partial charge in [-0.25, -0.2) is 0 Å². The lowest BCUT2D eigenvalue weighted by atomic mass is 10.3. The van der Waals surface area contributed by atoms with E-state index in [1.165, 1.54) is 7.11 Å². The van der Waals surface area contributed by atoms with Crippen molar-refractivity contribution in [3.63, 3.8) is 0 Å². The van der Waals surface area contributed by atoms with Crippen molar-refractivity contribution in [1.82, 2.24) is 4.90 Å². The summed E-state index contributed by atoms with van der Waals surface area (Å²) in [6.45, 7) is 2.62. The molecule has 7 heteroatoms. The predicted octanol–water partition coefficient (Wildman–Crippen LogP) is 3.00. The second-order valence-corrected chi connectivity index (χ2v) is 5.93.